The fraction of sp³-hybridized carbons (Fsp3) is 0.455. The number of hydrogen-bond donors (Lipinski definition) is 2. The largest absolute Gasteiger partial charge is 0.271 e. The minimum atomic E-state index is 0.581. The zero-order valence-corrected chi connectivity index (χ0v) is 8.59. The first-order chi connectivity index (χ1) is 6.15. The van der Waals surface area contributed by atoms with Crippen molar-refractivity contribution in [2.24, 2.45) is 5.84 Å². The summed E-state index contributed by atoms with van der Waals surface area (Å²) in [6, 6.07) is 6.56. The third-order valence-electron chi connectivity index (χ3n) is 2.33. The van der Waals surface area contributed by atoms with Gasteiger partial charge < -0.3 is 0 Å². The smallest absolute Gasteiger partial charge is 0.0351 e. The second-order valence-electron chi connectivity index (χ2n) is 3.72. The molecule has 13 heavy (non-hydrogen) atoms. The van der Waals surface area contributed by atoms with Crippen LogP contribution in [0.25, 0.3) is 0 Å². The Bertz CT molecular complexity index is 279. The standard InChI is InChI=1S/C11H18N2/c1-8(2)10-5-4-9(3)11(6-10)7-13-12/h4-6,8,13H,7,12H2,1-3H3. The van der Waals surface area contributed by atoms with Gasteiger partial charge in [0.15, 0.2) is 0 Å². The summed E-state index contributed by atoms with van der Waals surface area (Å²) in [5, 5.41) is 0. The average Bonchev–Trinajstić information content (AvgIpc) is 2.08. The quantitative estimate of drug-likeness (QED) is 0.549. The average molecular weight is 178 g/mol. The van der Waals surface area contributed by atoms with Crippen molar-refractivity contribution in [3.05, 3.63) is 34.9 Å². The zero-order chi connectivity index (χ0) is 9.84. The molecule has 0 bridgehead atoms. The summed E-state index contributed by atoms with van der Waals surface area (Å²) < 4.78 is 0. The molecule has 0 radical (unpaired) electrons. The van der Waals surface area contributed by atoms with Crippen LogP contribution in [0.15, 0.2) is 18.2 Å². The van der Waals surface area contributed by atoms with Gasteiger partial charge >= 0.3 is 0 Å². The lowest BCUT2D eigenvalue weighted by Gasteiger charge is -2.10. The highest BCUT2D eigenvalue weighted by Gasteiger charge is 2.02. The molecule has 0 unspecified atom stereocenters. The van der Waals surface area contributed by atoms with E-state index in [9.17, 15) is 0 Å². The molecule has 0 fully saturated rings. The molecular weight excluding hydrogens is 160 g/mol. The molecule has 0 spiro atoms. The summed E-state index contributed by atoms with van der Waals surface area (Å²) in [7, 11) is 0. The number of rotatable bonds is 3. The fourth-order valence-electron chi connectivity index (χ4n) is 1.35. The van der Waals surface area contributed by atoms with Gasteiger partial charge in [-0.1, -0.05) is 32.0 Å². The molecule has 0 saturated heterocycles. The van der Waals surface area contributed by atoms with Gasteiger partial charge in [0, 0.05) is 6.54 Å². The number of benzene rings is 1. The van der Waals surface area contributed by atoms with E-state index in [-0.39, 0.29) is 0 Å². The van der Waals surface area contributed by atoms with Crippen LogP contribution in [0.3, 0.4) is 0 Å². The summed E-state index contributed by atoms with van der Waals surface area (Å²) in [6.07, 6.45) is 0. The second kappa shape index (κ2) is 4.40. The molecule has 0 amide bonds. The number of aryl methyl sites for hydroxylation is 1. The normalized spacial score (nSPS) is 10.8. The first-order valence-corrected chi connectivity index (χ1v) is 4.68. The summed E-state index contributed by atoms with van der Waals surface area (Å²) >= 11 is 0. The third-order valence-corrected chi connectivity index (χ3v) is 2.33. The van der Waals surface area contributed by atoms with Crippen molar-refractivity contribution in [3.63, 3.8) is 0 Å². The molecule has 0 atom stereocenters. The zero-order valence-electron chi connectivity index (χ0n) is 8.59. The van der Waals surface area contributed by atoms with Crippen LogP contribution in [0.4, 0.5) is 0 Å². The van der Waals surface area contributed by atoms with Crippen LogP contribution in [-0.4, -0.2) is 0 Å². The SMILES string of the molecule is Cc1ccc(C(C)C)cc1CNN. The topological polar surface area (TPSA) is 38.0 Å². The van der Waals surface area contributed by atoms with Gasteiger partial charge in [-0.2, -0.15) is 0 Å². The summed E-state index contributed by atoms with van der Waals surface area (Å²) in [4.78, 5) is 0. The molecule has 1 rings (SSSR count). The van der Waals surface area contributed by atoms with Gasteiger partial charge in [0.2, 0.25) is 0 Å². The highest BCUT2D eigenvalue weighted by molar-refractivity contribution is 5.32. The Morgan fingerprint density at radius 2 is 2.08 bits per heavy atom. The van der Waals surface area contributed by atoms with E-state index in [0.29, 0.717) is 5.92 Å². The first kappa shape index (κ1) is 10.2. The van der Waals surface area contributed by atoms with Crippen LogP contribution in [0, 0.1) is 6.92 Å². The molecule has 0 aliphatic heterocycles. The molecular formula is C11H18N2. The molecule has 72 valence electrons. The number of nitrogens with two attached hydrogens (primary N) is 1. The first-order valence-electron chi connectivity index (χ1n) is 4.68. The van der Waals surface area contributed by atoms with Crippen molar-refractivity contribution in [2.75, 3.05) is 0 Å². The van der Waals surface area contributed by atoms with E-state index in [1.54, 1.807) is 0 Å². The predicted molar refractivity (Wildman–Crippen MR) is 56.3 cm³/mol. The molecule has 0 aromatic heterocycles. The Kier molecular flexibility index (Phi) is 3.46. The van der Waals surface area contributed by atoms with E-state index in [4.69, 9.17) is 5.84 Å². The van der Waals surface area contributed by atoms with Gasteiger partial charge in [0.1, 0.15) is 0 Å². The molecule has 3 N–H and O–H groups in total. The lowest BCUT2D eigenvalue weighted by atomic mass is 9.98. The van der Waals surface area contributed by atoms with Gasteiger partial charge in [0.05, 0.1) is 0 Å². The van der Waals surface area contributed by atoms with E-state index in [1.165, 1.54) is 16.7 Å². The number of hydrogen-bond acceptors (Lipinski definition) is 2. The van der Waals surface area contributed by atoms with Crippen molar-refractivity contribution >= 4 is 0 Å². The van der Waals surface area contributed by atoms with Gasteiger partial charge in [-0.15, -0.1) is 0 Å². The van der Waals surface area contributed by atoms with Crippen molar-refractivity contribution < 1.29 is 0 Å². The third kappa shape index (κ3) is 2.54. The van der Waals surface area contributed by atoms with Crippen molar-refractivity contribution in [2.45, 2.75) is 33.2 Å². The van der Waals surface area contributed by atoms with Crippen LogP contribution in [0.2, 0.25) is 0 Å². The Labute approximate surface area is 80.1 Å². The maximum absolute atomic E-state index is 5.31. The Balaban J connectivity index is 2.97. The molecule has 0 heterocycles. The highest BCUT2D eigenvalue weighted by Crippen LogP contribution is 2.18. The van der Waals surface area contributed by atoms with Crippen molar-refractivity contribution in [1.82, 2.24) is 5.43 Å². The van der Waals surface area contributed by atoms with E-state index in [0.717, 1.165) is 6.54 Å². The van der Waals surface area contributed by atoms with Crippen LogP contribution < -0.4 is 11.3 Å². The highest BCUT2D eigenvalue weighted by atomic mass is 15.2. The van der Waals surface area contributed by atoms with E-state index >= 15 is 0 Å². The molecule has 2 heteroatoms. The Morgan fingerprint density at radius 3 is 2.62 bits per heavy atom. The van der Waals surface area contributed by atoms with Crippen LogP contribution in [0.1, 0.15) is 36.5 Å². The fourth-order valence-corrected chi connectivity index (χ4v) is 1.35. The van der Waals surface area contributed by atoms with Crippen molar-refractivity contribution in [1.29, 1.82) is 0 Å². The lowest BCUT2D eigenvalue weighted by Crippen LogP contribution is -2.21. The van der Waals surface area contributed by atoms with E-state index in [2.05, 4.69) is 44.4 Å². The molecule has 0 aliphatic rings. The second-order valence-corrected chi connectivity index (χ2v) is 3.72. The number of nitrogens with one attached hydrogen (secondary N) is 1. The van der Waals surface area contributed by atoms with E-state index in [1.807, 2.05) is 0 Å². The molecule has 0 aliphatic carbocycles. The van der Waals surface area contributed by atoms with Gasteiger partial charge in [0.25, 0.3) is 0 Å². The van der Waals surface area contributed by atoms with Crippen LogP contribution in [-0.2, 0) is 6.54 Å². The maximum Gasteiger partial charge on any atom is 0.0351 e. The predicted octanol–water partition coefficient (Wildman–Crippen LogP) is 2.08. The minimum absolute atomic E-state index is 0.581. The van der Waals surface area contributed by atoms with Crippen LogP contribution in [0.5, 0.6) is 0 Å². The molecule has 1 aromatic carbocycles. The van der Waals surface area contributed by atoms with Crippen LogP contribution >= 0.6 is 0 Å². The maximum atomic E-state index is 5.31. The lowest BCUT2D eigenvalue weighted by molar-refractivity contribution is 0.734. The Hall–Kier alpha value is -0.860. The van der Waals surface area contributed by atoms with Crippen molar-refractivity contribution in [3.8, 4) is 0 Å². The molecule has 0 saturated carbocycles. The van der Waals surface area contributed by atoms with E-state index < -0.39 is 0 Å². The van der Waals surface area contributed by atoms with Gasteiger partial charge in [-0.05, 0) is 29.5 Å². The summed E-state index contributed by atoms with van der Waals surface area (Å²) in [5.74, 6) is 5.89. The minimum Gasteiger partial charge on any atom is -0.271 e. The Morgan fingerprint density at radius 1 is 1.38 bits per heavy atom. The number of hydrazine groups is 1. The molecule has 2 nitrogen and oxygen atoms in total. The molecule has 1 aromatic rings. The summed E-state index contributed by atoms with van der Waals surface area (Å²) in [5.41, 5.74) is 6.64. The summed E-state index contributed by atoms with van der Waals surface area (Å²) in [6.45, 7) is 7.25. The van der Waals surface area contributed by atoms with Gasteiger partial charge in [-0.3, -0.25) is 11.3 Å². The van der Waals surface area contributed by atoms with Gasteiger partial charge in [-0.25, -0.2) is 0 Å². The monoisotopic (exact) mass is 178 g/mol.